The Labute approximate surface area is 144 Å². The van der Waals surface area contributed by atoms with Crippen LogP contribution in [0.15, 0.2) is 12.2 Å². The van der Waals surface area contributed by atoms with Crippen LogP contribution in [0.1, 0.15) is 91.4 Å². The van der Waals surface area contributed by atoms with Gasteiger partial charge in [0.2, 0.25) is 0 Å². The van der Waals surface area contributed by atoms with E-state index in [2.05, 4.69) is 13.8 Å². The molecule has 0 aromatic carbocycles. The summed E-state index contributed by atoms with van der Waals surface area (Å²) in [5, 5.41) is 0. The maximum atomic E-state index is 14.0. The van der Waals surface area contributed by atoms with Gasteiger partial charge in [0, 0.05) is 6.42 Å². The first kappa shape index (κ1) is 23.4. The fourth-order valence-electron chi connectivity index (χ4n) is 3.00. The van der Waals surface area contributed by atoms with Gasteiger partial charge in [-0.15, -0.1) is 0 Å². The van der Waals surface area contributed by atoms with Crippen molar-refractivity contribution in [3.8, 4) is 0 Å². The van der Waals surface area contributed by atoms with Crippen LogP contribution in [0.2, 0.25) is 0 Å². The molecule has 0 fully saturated rings. The van der Waals surface area contributed by atoms with Crippen LogP contribution >= 0.6 is 0 Å². The molecule has 5 heteroatoms. The highest BCUT2D eigenvalue weighted by Crippen LogP contribution is 2.29. The van der Waals surface area contributed by atoms with Crippen LogP contribution in [-0.2, 0) is 4.74 Å². The van der Waals surface area contributed by atoms with E-state index in [0.717, 1.165) is 38.2 Å². The zero-order valence-corrected chi connectivity index (χ0v) is 15.4. The van der Waals surface area contributed by atoms with Gasteiger partial charge in [0.05, 0.1) is 6.10 Å². The van der Waals surface area contributed by atoms with Gasteiger partial charge in [-0.2, -0.15) is 17.6 Å². The van der Waals surface area contributed by atoms with E-state index in [4.69, 9.17) is 4.74 Å². The Kier molecular flexibility index (Phi) is 13.4. The molecule has 144 valence electrons. The van der Waals surface area contributed by atoms with Crippen LogP contribution in [0.25, 0.3) is 0 Å². The SMILES string of the molecule is CCCC(CC)CCCC(F)(F)OC(CCC)CCCC=C(F)F. The third kappa shape index (κ3) is 12.8. The fraction of sp³-hybridized carbons (Fsp3) is 0.895. The van der Waals surface area contributed by atoms with Gasteiger partial charge in [-0.05, 0) is 44.1 Å². The summed E-state index contributed by atoms with van der Waals surface area (Å²) in [7, 11) is 0. The Morgan fingerprint density at radius 3 is 2.17 bits per heavy atom. The van der Waals surface area contributed by atoms with E-state index in [9.17, 15) is 17.6 Å². The van der Waals surface area contributed by atoms with Crippen LogP contribution in [0, 0.1) is 5.92 Å². The monoisotopic (exact) mass is 354 g/mol. The van der Waals surface area contributed by atoms with Gasteiger partial charge < -0.3 is 4.74 Å². The minimum Gasteiger partial charge on any atom is -0.317 e. The molecule has 2 unspecified atom stereocenters. The van der Waals surface area contributed by atoms with Gasteiger partial charge in [0.15, 0.2) is 0 Å². The Morgan fingerprint density at radius 1 is 0.958 bits per heavy atom. The van der Waals surface area contributed by atoms with E-state index in [1.54, 1.807) is 0 Å². The summed E-state index contributed by atoms with van der Waals surface area (Å²) in [6.07, 6.45) is 1.94. The van der Waals surface area contributed by atoms with Gasteiger partial charge in [0.1, 0.15) is 0 Å². The standard InChI is InChI=1S/C19H34F4O/c1-4-10-16(6-3)12-9-15-19(22,23)24-17(11-5-2)13-7-8-14-18(20)21/h14,16-17H,4-13,15H2,1-3H3. The molecule has 24 heavy (non-hydrogen) atoms. The van der Waals surface area contributed by atoms with Gasteiger partial charge in [-0.25, -0.2) is 0 Å². The van der Waals surface area contributed by atoms with Gasteiger partial charge >= 0.3 is 6.11 Å². The van der Waals surface area contributed by atoms with Gasteiger partial charge in [-0.3, -0.25) is 0 Å². The lowest BCUT2D eigenvalue weighted by atomic mass is 9.94. The summed E-state index contributed by atoms with van der Waals surface area (Å²) in [6.45, 7) is 6.12. The number of hydrogen-bond donors (Lipinski definition) is 0. The lowest BCUT2D eigenvalue weighted by molar-refractivity contribution is -0.268. The van der Waals surface area contributed by atoms with Crippen molar-refractivity contribution < 1.29 is 22.3 Å². The maximum Gasteiger partial charge on any atom is 0.355 e. The highest BCUT2D eigenvalue weighted by molar-refractivity contribution is 4.80. The molecule has 2 atom stereocenters. The van der Waals surface area contributed by atoms with Crippen LogP contribution in [0.3, 0.4) is 0 Å². The largest absolute Gasteiger partial charge is 0.355 e. The van der Waals surface area contributed by atoms with Crippen molar-refractivity contribution in [1.82, 2.24) is 0 Å². The minimum absolute atomic E-state index is 0.201. The fourth-order valence-corrected chi connectivity index (χ4v) is 3.00. The molecule has 0 aliphatic heterocycles. The molecule has 0 amide bonds. The summed E-state index contributed by atoms with van der Waals surface area (Å²) in [6, 6.07) is 0. The molecule has 0 aromatic heterocycles. The molecule has 0 heterocycles. The predicted octanol–water partition coefficient (Wildman–Crippen LogP) is 7.71. The van der Waals surface area contributed by atoms with E-state index < -0.39 is 18.3 Å². The Morgan fingerprint density at radius 2 is 1.62 bits per heavy atom. The number of hydrogen-bond acceptors (Lipinski definition) is 1. The second-order valence-corrected chi connectivity index (χ2v) is 6.55. The average Bonchev–Trinajstić information content (AvgIpc) is 2.50. The topological polar surface area (TPSA) is 9.23 Å². The molecule has 0 aromatic rings. The van der Waals surface area contributed by atoms with Crippen molar-refractivity contribution in [2.75, 3.05) is 0 Å². The van der Waals surface area contributed by atoms with Gasteiger partial charge in [-0.1, -0.05) is 52.9 Å². The molecule has 0 radical (unpaired) electrons. The van der Waals surface area contributed by atoms with Crippen molar-refractivity contribution in [1.29, 1.82) is 0 Å². The maximum absolute atomic E-state index is 14.0. The second kappa shape index (κ2) is 13.7. The highest BCUT2D eigenvalue weighted by Gasteiger charge is 2.32. The van der Waals surface area contributed by atoms with Crippen molar-refractivity contribution in [3.05, 3.63) is 12.2 Å². The summed E-state index contributed by atoms with van der Waals surface area (Å²) < 4.78 is 57.0. The lowest BCUT2D eigenvalue weighted by Gasteiger charge is -2.25. The normalized spacial score (nSPS) is 14.5. The van der Waals surface area contributed by atoms with Crippen molar-refractivity contribution >= 4 is 0 Å². The first-order valence-electron chi connectivity index (χ1n) is 9.41. The zero-order valence-electron chi connectivity index (χ0n) is 15.4. The molecular weight excluding hydrogens is 320 g/mol. The highest BCUT2D eigenvalue weighted by atomic mass is 19.3. The Balaban J connectivity index is 4.24. The molecule has 0 saturated heterocycles. The molecule has 1 nitrogen and oxygen atoms in total. The van der Waals surface area contributed by atoms with Crippen molar-refractivity contribution in [2.45, 2.75) is 104 Å². The number of alkyl halides is 2. The Hall–Kier alpha value is -0.580. The number of ether oxygens (including phenoxy) is 1. The molecule has 0 aliphatic rings. The summed E-state index contributed by atoms with van der Waals surface area (Å²) >= 11 is 0. The van der Waals surface area contributed by atoms with Gasteiger partial charge in [0.25, 0.3) is 6.08 Å². The van der Waals surface area contributed by atoms with Crippen LogP contribution in [0.4, 0.5) is 17.6 Å². The minimum atomic E-state index is -3.12. The molecule has 0 N–H and O–H groups in total. The van der Waals surface area contributed by atoms with E-state index in [0.29, 0.717) is 31.6 Å². The molecule has 0 rings (SSSR count). The Bertz CT molecular complexity index is 327. The van der Waals surface area contributed by atoms with E-state index in [1.165, 1.54) is 0 Å². The summed E-state index contributed by atoms with van der Waals surface area (Å²) in [5.74, 6) is 0.514. The number of allylic oxidation sites excluding steroid dienone is 1. The second-order valence-electron chi connectivity index (χ2n) is 6.55. The van der Waals surface area contributed by atoms with Crippen LogP contribution < -0.4 is 0 Å². The number of unbranched alkanes of at least 4 members (excludes halogenated alkanes) is 1. The third-order valence-corrected chi connectivity index (χ3v) is 4.33. The van der Waals surface area contributed by atoms with E-state index >= 15 is 0 Å². The first-order valence-corrected chi connectivity index (χ1v) is 9.41. The quantitative estimate of drug-likeness (QED) is 0.216. The zero-order chi connectivity index (χ0) is 18.4. The summed E-state index contributed by atoms with van der Waals surface area (Å²) in [4.78, 5) is 0. The number of halogens is 4. The lowest BCUT2D eigenvalue weighted by Crippen LogP contribution is -2.28. The molecule has 0 bridgehead atoms. The van der Waals surface area contributed by atoms with E-state index in [-0.39, 0.29) is 12.8 Å². The van der Waals surface area contributed by atoms with Crippen LogP contribution in [-0.4, -0.2) is 12.2 Å². The first-order chi connectivity index (χ1) is 11.3. The number of rotatable bonds is 15. The van der Waals surface area contributed by atoms with E-state index in [1.807, 2.05) is 6.92 Å². The van der Waals surface area contributed by atoms with Crippen molar-refractivity contribution in [3.63, 3.8) is 0 Å². The smallest absolute Gasteiger partial charge is 0.317 e. The molecule has 0 spiro atoms. The average molecular weight is 354 g/mol. The predicted molar refractivity (Wildman–Crippen MR) is 91.4 cm³/mol. The van der Waals surface area contributed by atoms with Crippen molar-refractivity contribution in [2.24, 2.45) is 5.92 Å². The third-order valence-electron chi connectivity index (χ3n) is 4.33. The molecule has 0 saturated carbocycles. The molecular formula is C19H34F4O. The summed E-state index contributed by atoms with van der Waals surface area (Å²) in [5.41, 5.74) is 0. The molecule has 0 aliphatic carbocycles. The van der Waals surface area contributed by atoms with Crippen LogP contribution in [0.5, 0.6) is 0 Å².